The van der Waals surface area contributed by atoms with Crippen LogP contribution in [0, 0.1) is 0 Å². The maximum absolute atomic E-state index is 12.7. The van der Waals surface area contributed by atoms with E-state index in [1.807, 2.05) is 25.1 Å². The van der Waals surface area contributed by atoms with Gasteiger partial charge >= 0.3 is 6.18 Å². The molecule has 1 aliphatic heterocycles. The van der Waals surface area contributed by atoms with Crippen molar-refractivity contribution in [2.45, 2.75) is 31.5 Å². The molecule has 0 aliphatic carbocycles. The predicted molar refractivity (Wildman–Crippen MR) is 116 cm³/mol. The van der Waals surface area contributed by atoms with Gasteiger partial charge in [-0.2, -0.15) is 13.2 Å². The number of rotatable bonds is 6. The van der Waals surface area contributed by atoms with Crippen molar-refractivity contribution in [3.05, 3.63) is 65.4 Å². The fourth-order valence-corrected chi connectivity index (χ4v) is 4.30. The second kappa shape index (κ2) is 8.32. The van der Waals surface area contributed by atoms with Crippen LogP contribution in [0.15, 0.2) is 48.7 Å². The highest BCUT2D eigenvalue weighted by molar-refractivity contribution is 7.18. The Morgan fingerprint density at radius 1 is 1.23 bits per heavy atom. The standard InChI is InChI=1S/C22H21F3N4OS/c1-12-17-9-14(4-7-18(17)29-20(12)30)19-11-28-21(31-19)27-10-16(26)8-13-2-5-15(6-3-13)22(23,24)25/h2-7,9,11-12,16H,8,10,26H2,1H3,(H,27,28)(H,29,30)/t12?,16-/m1/s1. The maximum Gasteiger partial charge on any atom is 0.416 e. The number of hydrogen-bond acceptors (Lipinski definition) is 5. The van der Waals surface area contributed by atoms with Crippen molar-refractivity contribution in [3.8, 4) is 10.4 Å². The Bertz CT molecular complexity index is 1090. The zero-order valence-electron chi connectivity index (χ0n) is 16.7. The van der Waals surface area contributed by atoms with Crippen LogP contribution >= 0.6 is 11.3 Å². The molecule has 2 atom stereocenters. The number of anilines is 2. The van der Waals surface area contributed by atoms with E-state index in [1.165, 1.54) is 23.5 Å². The molecule has 5 nitrogen and oxygen atoms in total. The molecule has 2 heterocycles. The normalized spacial score (nSPS) is 16.7. The number of nitrogens with one attached hydrogen (secondary N) is 2. The van der Waals surface area contributed by atoms with Gasteiger partial charge in [0.05, 0.1) is 16.4 Å². The molecule has 31 heavy (non-hydrogen) atoms. The zero-order chi connectivity index (χ0) is 22.2. The van der Waals surface area contributed by atoms with Crippen LogP contribution in [0.4, 0.5) is 24.0 Å². The minimum Gasteiger partial charge on any atom is -0.360 e. The van der Waals surface area contributed by atoms with Gasteiger partial charge in [0.2, 0.25) is 5.91 Å². The number of nitrogens with zero attached hydrogens (tertiary/aromatic N) is 1. The Balaban J connectivity index is 1.35. The average molecular weight is 446 g/mol. The van der Waals surface area contributed by atoms with Gasteiger partial charge in [0.15, 0.2) is 5.13 Å². The van der Waals surface area contributed by atoms with Gasteiger partial charge in [0.25, 0.3) is 0 Å². The first kappa shape index (κ1) is 21.3. The van der Waals surface area contributed by atoms with Crippen molar-refractivity contribution in [3.63, 3.8) is 0 Å². The quantitative estimate of drug-likeness (QED) is 0.505. The van der Waals surface area contributed by atoms with Crippen LogP contribution in [0.2, 0.25) is 0 Å². The molecular formula is C22H21F3N4OS. The summed E-state index contributed by atoms with van der Waals surface area (Å²) in [5, 5.41) is 6.76. The first-order chi connectivity index (χ1) is 14.7. The number of benzene rings is 2. The fourth-order valence-electron chi connectivity index (χ4n) is 3.48. The number of fused-ring (bicyclic) bond motifs is 1. The predicted octanol–water partition coefficient (Wildman–Crippen LogP) is 4.87. The Kier molecular flexibility index (Phi) is 5.72. The van der Waals surface area contributed by atoms with Gasteiger partial charge in [-0.15, -0.1) is 0 Å². The summed E-state index contributed by atoms with van der Waals surface area (Å²) in [6.45, 7) is 2.32. The summed E-state index contributed by atoms with van der Waals surface area (Å²) in [4.78, 5) is 17.2. The van der Waals surface area contributed by atoms with Gasteiger partial charge in [-0.1, -0.05) is 29.5 Å². The Hall–Kier alpha value is -2.91. The van der Waals surface area contributed by atoms with Crippen molar-refractivity contribution in [1.82, 2.24) is 4.98 Å². The Labute approximate surface area is 181 Å². The minimum absolute atomic E-state index is 0.000781. The number of nitrogens with two attached hydrogens (primary N) is 1. The molecule has 0 fully saturated rings. The molecule has 1 aromatic heterocycles. The van der Waals surface area contributed by atoms with E-state index >= 15 is 0 Å². The summed E-state index contributed by atoms with van der Waals surface area (Å²) < 4.78 is 38.0. The summed E-state index contributed by atoms with van der Waals surface area (Å²) in [6, 6.07) is 10.6. The van der Waals surface area contributed by atoms with Crippen molar-refractivity contribution >= 4 is 28.1 Å². The number of halogens is 3. The molecular weight excluding hydrogens is 425 g/mol. The number of amides is 1. The van der Waals surface area contributed by atoms with Gasteiger partial charge in [-0.25, -0.2) is 4.98 Å². The van der Waals surface area contributed by atoms with Gasteiger partial charge in [-0.05, 0) is 54.3 Å². The van der Waals surface area contributed by atoms with Crippen molar-refractivity contribution in [2.75, 3.05) is 17.2 Å². The molecule has 4 N–H and O–H groups in total. The van der Waals surface area contributed by atoms with Crippen molar-refractivity contribution in [1.29, 1.82) is 0 Å². The molecule has 3 aromatic rings. The van der Waals surface area contributed by atoms with Gasteiger partial charge in [0, 0.05) is 24.5 Å². The molecule has 0 bridgehead atoms. The van der Waals surface area contributed by atoms with Crippen LogP contribution < -0.4 is 16.4 Å². The highest BCUT2D eigenvalue weighted by Gasteiger charge is 2.30. The monoisotopic (exact) mass is 446 g/mol. The Morgan fingerprint density at radius 2 is 1.97 bits per heavy atom. The lowest BCUT2D eigenvalue weighted by Crippen LogP contribution is -2.31. The number of alkyl halides is 3. The summed E-state index contributed by atoms with van der Waals surface area (Å²) in [7, 11) is 0. The molecule has 0 saturated heterocycles. The summed E-state index contributed by atoms with van der Waals surface area (Å²) in [5.74, 6) is -0.176. The highest BCUT2D eigenvalue weighted by atomic mass is 32.1. The number of thiazole rings is 1. The zero-order valence-corrected chi connectivity index (χ0v) is 17.5. The van der Waals surface area contributed by atoms with Crippen LogP contribution in [0.3, 0.4) is 0 Å². The molecule has 162 valence electrons. The third-order valence-corrected chi connectivity index (χ3v) is 6.26. The second-order valence-electron chi connectivity index (χ2n) is 7.58. The van der Waals surface area contributed by atoms with Crippen LogP contribution in [0.25, 0.3) is 10.4 Å². The third kappa shape index (κ3) is 4.72. The smallest absolute Gasteiger partial charge is 0.360 e. The average Bonchev–Trinajstić information content (AvgIpc) is 3.31. The SMILES string of the molecule is CC1C(=O)Nc2ccc(-c3cnc(NC[C@H](N)Cc4ccc(C(F)(F)F)cc4)s3)cc21. The lowest BCUT2D eigenvalue weighted by molar-refractivity contribution is -0.137. The van der Waals surface area contributed by atoms with Crippen LogP contribution in [-0.2, 0) is 17.4 Å². The van der Waals surface area contributed by atoms with Crippen LogP contribution in [-0.4, -0.2) is 23.5 Å². The van der Waals surface area contributed by atoms with E-state index in [1.54, 1.807) is 6.20 Å². The molecule has 0 saturated carbocycles. The minimum atomic E-state index is -4.34. The van der Waals surface area contributed by atoms with Crippen molar-refractivity contribution < 1.29 is 18.0 Å². The van der Waals surface area contributed by atoms with E-state index in [0.29, 0.717) is 18.1 Å². The maximum atomic E-state index is 12.7. The lowest BCUT2D eigenvalue weighted by Gasteiger charge is -2.13. The second-order valence-corrected chi connectivity index (χ2v) is 8.61. The van der Waals surface area contributed by atoms with E-state index in [2.05, 4.69) is 15.6 Å². The van der Waals surface area contributed by atoms with Crippen LogP contribution in [0.5, 0.6) is 0 Å². The molecule has 2 aromatic carbocycles. The fraction of sp³-hybridized carbons (Fsp3) is 0.273. The molecule has 0 spiro atoms. The van der Waals surface area contributed by atoms with E-state index in [-0.39, 0.29) is 17.9 Å². The summed E-state index contributed by atoms with van der Waals surface area (Å²) >= 11 is 1.48. The van der Waals surface area contributed by atoms with E-state index in [0.717, 1.165) is 39.4 Å². The molecule has 4 rings (SSSR count). The van der Waals surface area contributed by atoms with Gasteiger partial charge in [-0.3, -0.25) is 4.79 Å². The number of aromatic nitrogens is 1. The number of carbonyl (C=O) groups excluding carboxylic acids is 1. The summed E-state index contributed by atoms with van der Waals surface area (Å²) in [6.07, 6.45) is -2.12. The van der Waals surface area contributed by atoms with E-state index in [4.69, 9.17) is 5.73 Å². The third-order valence-electron chi connectivity index (χ3n) is 5.25. The van der Waals surface area contributed by atoms with E-state index < -0.39 is 11.7 Å². The van der Waals surface area contributed by atoms with Crippen molar-refractivity contribution in [2.24, 2.45) is 5.73 Å². The largest absolute Gasteiger partial charge is 0.416 e. The topological polar surface area (TPSA) is 80.0 Å². The number of hydrogen-bond donors (Lipinski definition) is 3. The Morgan fingerprint density at radius 3 is 2.68 bits per heavy atom. The first-order valence-electron chi connectivity index (χ1n) is 9.77. The van der Waals surface area contributed by atoms with Gasteiger partial charge < -0.3 is 16.4 Å². The molecule has 1 amide bonds. The van der Waals surface area contributed by atoms with Crippen LogP contribution in [0.1, 0.15) is 29.5 Å². The van der Waals surface area contributed by atoms with Gasteiger partial charge in [0.1, 0.15) is 0 Å². The number of carbonyl (C=O) groups is 1. The summed E-state index contributed by atoms with van der Waals surface area (Å²) in [5.41, 5.74) is 9.03. The highest BCUT2D eigenvalue weighted by Crippen LogP contribution is 2.37. The van der Waals surface area contributed by atoms with E-state index in [9.17, 15) is 18.0 Å². The first-order valence-corrected chi connectivity index (χ1v) is 10.6. The molecule has 1 unspecified atom stereocenters. The lowest BCUT2D eigenvalue weighted by atomic mass is 10.0. The molecule has 0 radical (unpaired) electrons. The molecule has 9 heteroatoms. The molecule has 1 aliphatic rings.